The fourth-order valence-electron chi connectivity index (χ4n) is 3.30. The molecular formula is C22H19N3O4S. The van der Waals surface area contributed by atoms with Crippen molar-refractivity contribution < 1.29 is 9.53 Å². The Morgan fingerprint density at radius 1 is 1.03 bits per heavy atom. The largest absolute Gasteiger partial charge is 0.495 e. The molecule has 0 saturated heterocycles. The standard InChI is InChI=1S/C22H19N3O4S/c1-23(15-8-4-3-5-9-15)19(26)14-24-17-12-13-30-20(17)21(27)25(22(24)28)16-10-6-7-11-18(16)29-2/h3-13H,14H2,1-2H3. The van der Waals surface area contributed by atoms with E-state index in [-0.39, 0.29) is 12.5 Å². The number of carbonyl (C=O) groups is 1. The van der Waals surface area contributed by atoms with Crippen molar-refractivity contribution in [2.45, 2.75) is 6.54 Å². The van der Waals surface area contributed by atoms with Crippen LogP contribution >= 0.6 is 11.3 Å². The number of anilines is 1. The van der Waals surface area contributed by atoms with E-state index in [0.717, 1.165) is 10.3 Å². The van der Waals surface area contributed by atoms with Crippen LogP contribution < -0.4 is 20.9 Å². The molecule has 0 aliphatic carbocycles. The van der Waals surface area contributed by atoms with Gasteiger partial charge < -0.3 is 9.64 Å². The number of benzene rings is 2. The smallest absolute Gasteiger partial charge is 0.336 e. The predicted molar refractivity (Wildman–Crippen MR) is 118 cm³/mol. The summed E-state index contributed by atoms with van der Waals surface area (Å²) >= 11 is 1.23. The monoisotopic (exact) mass is 421 g/mol. The molecule has 0 atom stereocenters. The van der Waals surface area contributed by atoms with Gasteiger partial charge in [0.25, 0.3) is 5.56 Å². The van der Waals surface area contributed by atoms with E-state index in [9.17, 15) is 14.4 Å². The SMILES string of the molecule is COc1ccccc1-n1c(=O)c2sccc2n(CC(=O)N(C)c2ccccc2)c1=O. The van der Waals surface area contributed by atoms with E-state index in [4.69, 9.17) is 4.74 Å². The minimum atomic E-state index is -0.592. The van der Waals surface area contributed by atoms with Gasteiger partial charge in [-0.1, -0.05) is 30.3 Å². The molecule has 0 N–H and O–H groups in total. The summed E-state index contributed by atoms with van der Waals surface area (Å²) in [7, 11) is 3.13. The van der Waals surface area contributed by atoms with Crippen LogP contribution in [0.2, 0.25) is 0 Å². The highest BCUT2D eigenvalue weighted by Gasteiger charge is 2.21. The Morgan fingerprint density at radius 3 is 2.47 bits per heavy atom. The van der Waals surface area contributed by atoms with Crippen molar-refractivity contribution in [2.24, 2.45) is 0 Å². The second-order valence-electron chi connectivity index (χ2n) is 6.60. The summed E-state index contributed by atoms with van der Waals surface area (Å²) in [4.78, 5) is 40.9. The lowest BCUT2D eigenvalue weighted by Crippen LogP contribution is -2.42. The number of amides is 1. The Morgan fingerprint density at radius 2 is 1.73 bits per heavy atom. The lowest BCUT2D eigenvalue weighted by atomic mass is 10.3. The molecule has 0 aliphatic rings. The number of ether oxygens (including phenoxy) is 1. The van der Waals surface area contributed by atoms with Gasteiger partial charge in [0.05, 0.1) is 18.3 Å². The number of fused-ring (bicyclic) bond motifs is 1. The highest BCUT2D eigenvalue weighted by atomic mass is 32.1. The molecule has 0 unspecified atom stereocenters. The highest BCUT2D eigenvalue weighted by molar-refractivity contribution is 7.17. The van der Waals surface area contributed by atoms with Gasteiger partial charge in [0.2, 0.25) is 5.91 Å². The number of aromatic nitrogens is 2. The van der Waals surface area contributed by atoms with Gasteiger partial charge in [-0.3, -0.25) is 14.2 Å². The Balaban J connectivity index is 1.87. The Hall–Kier alpha value is -3.65. The number of hydrogen-bond donors (Lipinski definition) is 0. The van der Waals surface area contributed by atoms with Crippen molar-refractivity contribution in [1.29, 1.82) is 0 Å². The van der Waals surface area contributed by atoms with Crippen molar-refractivity contribution in [3.63, 3.8) is 0 Å². The molecule has 30 heavy (non-hydrogen) atoms. The van der Waals surface area contributed by atoms with Crippen molar-refractivity contribution in [2.75, 3.05) is 19.1 Å². The van der Waals surface area contributed by atoms with Crippen LogP contribution in [0.25, 0.3) is 15.9 Å². The maximum atomic E-state index is 13.4. The summed E-state index contributed by atoms with van der Waals surface area (Å²) in [6, 6.07) is 17.7. The van der Waals surface area contributed by atoms with Gasteiger partial charge in [-0.05, 0) is 35.7 Å². The fraction of sp³-hybridized carbons (Fsp3) is 0.136. The third-order valence-electron chi connectivity index (χ3n) is 4.89. The number of likely N-dealkylation sites (N-methyl/N-ethyl adjacent to an activating group) is 1. The molecule has 2 aromatic heterocycles. The number of nitrogens with zero attached hydrogens (tertiary/aromatic N) is 3. The molecule has 4 aromatic rings. The summed E-state index contributed by atoms with van der Waals surface area (Å²) in [5.74, 6) is 0.118. The molecule has 0 saturated carbocycles. The third kappa shape index (κ3) is 3.31. The van der Waals surface area contributed by atoms with E-state index in [1.165, 1.54) is 27.9 Å². The Labute approximate surface area is 176 Å². The van der Waals surface area contributed by atoms with Crippen LogP contribution in [0.1, 0.15) is 0 Å². The molecule has 0 bridgehead atoms. The van der Waals surface area contributed by atoms with Crippen molar-refractivity contribution >= 4 is 33.1 Å². The van der Waals surface area contributed by atoms with Crippen LogP contribution in [0.15, 0.2) is 75.6 Å². The summed E-state index contributed by atoms with van der Waals surface area (Å²) in [5.41, 5.74) is 0.467. The summed E-state index contributed by atoms with van der Waals surface area (Å²) < 4.78 is 8.14. The number of para-hydroxylation sites is 3. The van der Waals surface area contributed by atoms with Gasteiger partial charge in [-0.25, -0.2) is 9.36 Å². The van der Waals surface area contributed by atoms with E-state index >= 15 is 0 Å². The quantitative estimate of drug-likeness (QED) is 0.497. The molecule has 0 fully saturated rings. The predicted octanol–water partition coefficient (Wildman–Crippen LogP) is 2.89. The Bertz CT molecular complexity index is 1340. The van der Waals surface area contributed by atoms with Crippen molar-refractivity contribution in [1.82, 2.24) is 9.13 Å². The van der Waals surface area contributed by atoms with Crippen molar-refractivity contribution in [3.05, 3.63) is 86.9 Å². The topological polar surface area (TPSA) is 73.5 Å². The summed E-state index contributed by atoms with van der Waals surface area (Å²) in [6.45, 7) is -0.201. The molecule has 2 heterocycles. The zero-order valence-corrected chi connectivity index (χ0v) is 17.3. The average Bonchev–Trinajstić information content (AvgIpc) is 3.27. The van der Waals surface area contributed by atoms with Gasteiger partial charge in [0.1, 0.15) is 17.0 Å². The van der Waals surface area contributed by atoms with Gasteiger partial charge in [0.15, 0.2) is 0 Å². The van der Waals surface area contributed by atoms with E-state index in [2.05, 4.69) is 0 Å². The lowest BCUT2D eigenvalue weighted by molar-refractivity contribution is -0.118. The highest BCUT2D eigenvalue weighted by Crippen LogP contribution is 2.22. The maximum absolute atomic E-state index is 13.4. The van der Waals surface area contributed by atoms with Gasteiger partial charge in [-0.2, -0.15) is 0 Å². The first kappa shape index (κ1) is 19.7. The number of hydrogen-bond acceptors (Lipinski definition) is 5. The maximum Gasteiger partial charge on any atom is 0.336 e. The van der Waals surface area contributed by atoms with Gasteiger partial charge >= 0.3 is 5.69 Å². The molecule has 8 heteroatoms. The molecular weight excluding hydrogens is 402 g/mol. The summed E-state index contributed by atoms with van der Waals surface area (Å²) in [6.07, 6.45) is 0. The first-order valence-electron chi connectivity index (χ1n) is 9.21. The van der Waals surface area contributed by atoms with Crippen LogP contribution in [0.5, 0.6) is 5.75 Å². The second-order valence-corrected chi connectivity index (χ2v) is 7.52. The molecule has 1 amide bonds. The van der Waals surface area contributed by atoms with Crippen molar-refractivity contribution in [3.8, 4) is 11.4 Å². The molecule has 152 valence electrons. The Kier molecular flexibility index (Phi) is 5.24. The van der Waals surface area contributed by atoms with Crippen LogP contribution in [0, 0.1) is 0 Å². The number of carbonyl (C=O) groups excluding carboxylic acids is 1. The first-order valence-corrected chi connectivity index (χ1v) is 10.1. The molecule has 0 spiro atoms. The van der Waals surface area contributed by atoms with E-state index in [1.807, 2.05) is 30.3 Å². The summed E-state index contributed by atoms with van der Waals surface area (Å²) in [5, 5.41) is 1.74. The van der Waals surface area contributed by atoms with Crippen LogP contribution in [0.4, 0.5) is 5.69 Å². The molecule has 4 rings (SSSR count). The average molecular weight is 421 g/mol. The number of rotatable bonds is 5. The minimum absolute atomic E-state index is 0.201. The van der Waals surface area contributed by atoms with E-state index < -0.39 is 11.2 Å². The lowest BCUT2D eigenvalue weighted by Gasteiger charge is -2.19. The normalized spacial score (nSPS) is 10.9. The van der Waals surface area contributed by atoms with Gasteiger partial charge in [0, 0.05) is 12.7 Å². The zero-order valence-electron chi connectivity index (χ0n) is 16.4. The third-order valence-corrected chi connectivity index (χ3v) is 5.78. The fourth-order valence-corrected chi connectivity index (χ4v) is 4.13. The van der Waals surface area contributed by atoms with Crippen LogP contribution in [-0.2, 0) is 11.3 Å². The molecule has 2 aromatic carbocycles. The second kappa shape index (κ2) is 8.00. The number of methoxy groups -OCH3 is 1. The zero-order chi connectivity index (χ0) is 21.3. The first-order chi connectivity index (χ1) is 14.5. The van der Waals surface area contributed by atoms with Gasteiger partial charge in [-0.15, -0.1) is 11.3 Å². The molecule has 7 nitrogen and oxygen atoms in total. The van der Waals surface area contributed by atoms with E-state index in [1.54, 1.807) is 42.8 Å². The van der Waals surface area contributed by atoms with Crippen LogP contribution in [0.3, 0.4) is 0 Å². The molecule has 0 aliphatic heterocycles. The number of thiophene rings is 1. The van der Waals surface area contributed by atoms with Crippen LogP contribution in [-0.4, -0.2) is 29.2 Å². The minimum Gasteiger partial charge on any atom is -0.495 e. The van der Waals surface area contributed by atoms with E-state index in [0.29, 0.717) is 21.7 Å². The molecule has 0 radical (unpaired) electrons.